The summed E-state index contributed by atoms with van der Waals surface area (Å²) in [7, 11) is 0. The molecule has 0 bridgehead atoms. The summed E-state index contributed by atoms with van der Waals surface area (Å²) in [5.74, 6) is -0.413. The maximum absolute atomic E-state index is 13.4. The van der Waals surface area contributed by atoms with Crippen molar-refractivity contribution in [3.8, 4) is 0 Å². The molecule has 0 radical (unpaired) electrons. The number of carbonyl (C=O) groups excluding carboxylic acids is 2. The van der Waals surface area contributed by atoms with Gasteiger partial charge in [-0.3, -0.25) is 4.90 Å². The first-order chi connectivity index (χ1) is 15.3. The fourth-order valence-corrected chi connectivity index (χ4v) is 3.26. The topological polar surface area (TPSA) is 73.5 Å². The Kier molecular flexibility index (Phi) is 7.92. The Bertz CT molecular complexity index is 1110. The van der Waals surface area contributed by atoms with Crippen molar-refractivity contribution in [2.24, 2.45) is 0 Å². The molecule has 0 saturated carbocycles. The van der Waals surface area contributed by atoms with Crippen LogP contribution in [0.4, 0.5) is 31.0 Å². The highest BCUT2D eigenvalue weighted by Gasteiger charge is 2.17. The van der Waals surface area contributed by atoms with Crippen LogP contribution >= 0.6 is 23.2 Å². The van der Waals surface area contributed by atoms with E-state index in [2.05, 4.69) is 16.0 Å². The summed E-state index contributed by atoms with van der Waals surface area (Å²) >= 11 is 12.0. The molecule has 166 valence electrons. The van der Waals surface area contributed by atoms with Crippen molar-refractivity contribution in [1.82, 2.24) is 5.32 Å². The van der Waals surface area contributed by atoms with Crippen LogP contribution in [0, 0.1) is 12.7 Å². The first-order valence-electron chi connectivity index (χ1n) is 9.73. The van der Waals surface area contributed by atoms with Crippen LogP contribution < -0.4 is 20.9 Å². The van der Waals surface area contributed by atoms with E-state index in [4.69, 9.17) is 23.2 Å². The summed E-state index contributed by atoms with van der Waals surface area (Å²) in [4.78, 5) is 26.6. The molecule has 3 aromatic carbocycles. The van der Waals surface area contributed by atoms with E-state index in [9.17, 15) is 14.0 Å². The van der Waals surface area contributed by atoms with Gasteiger partial charge in [0.15, 0.2) is 0 Å². The van der Waals surface area contributed by atoms with Gasteiger partial charge >= 0.3 is 12.1 Å². The quantitative estimate of drug-likeness (QED) is 0.392. The van der Waals surface area contributed by atoms with E-state index in [1.807, 2.05) is 25.1 Å². The summed E-state index contributed by atoms with van der Waals surface area (Å²) < 4.78 is 13.4. The fourth-order valence-electron chi connectivity index (χ4n) is 2.91. The van der Waals surface area contributed by atoms with Crippen molar-refractivity contribution in [1.29, 1.82) is 0 Å². The molecule has 0 atom stereocenters. The van der Waals surface area contributed by atoms with Crippen LogP contribution in [-0.2, 0) is 0 Å². The van der Waals surface area contributed by atoms with Crippen molar-refractivity contribution in [2.75, 3.05) is 28.6 Å². The van der Waals surface area contributed by atoms with E-state index in [-0.39, 0.29) is 18.1 Å². The van der Waals surface area contributed by atoms with Gasteiger partial charge in [-0.2, -0.15) is 0 Å². The predicted molar refractivity (Wildman–Crippen MR) is 127 cm³/mol. The lowest BCUT2D eigenvalue weighted by atomic mass is 10.2. The number of rotatable bonds is 6. The molecule has 0 aromatic heterocycles. The third-order valence-electron chi connectivity index (χ3n) is 4.59. The van der Waals surface area contributed by atoms with E-state index < -0.39 is 17.9 Å². The van der Waals surface area contributed by atoms with E-state index in [1.54, 1.807) is 24.3 Å². The number of hydrogen-bond acceptors (Lipinski definition) is 2. The van der Waals surface area contributed by atoms with Crippen molar-refractivity contribution < 1.29 is 14.0 Å². The van der Waals surface area contributed by atoms with Gasteiger partial charge in [0.2, 0.25) is 0 Å². The van der Waals surface area contributed by atoms with Gasteiger partial charge in [-0.15, -0.1) is 0 Å². The molecule has 4 amide bonds. The number of amides is 4. The third kappa shape index (κ3) is 6.12. The van der Waals surface area contributed by atoms with Crippen molar-refractivity contribution in [3.05, 3.63) is 88.2 Å². The second-order valence-electron chi connectivity index (χ2n) is 6.86. The lowest BCUT2D eigenvalue weighted by molar-refractivity contribution is 0.250. The van der Waals surface area contributed by atoms with Gasteiger partial charge in [-0.1, -0.05) is 47.5 Å². The average molecular weight is 475 g/mol. The molecule has 0 aliphatic rings. The zero-order valence-corrected chi connectivity index (χ0v) is 18.7. The Morgan fingerprint density at radius 2 is 1.59 bits per heavy atom. The van der Waals surface area contributed by atoms with Crippen LogP contribution in [0.15, 0.2) is 66.7 Å². The maximum atomic E-state index is 13.4. The van der Waals surface area contributed by atoms with Crippen LogP contribution in [0.3, 0.4) is 0 Å². The number of halogens is 3. The Hall–Kier alpha value is -3.29. The molecule has 0 spiro atoms. The minimum absolute atomic E-state index is 0.128. The lowest BCUT2D eigenvalue weighted by Crippen LogP contribution is -2.42. The molecule has 32 heavy (non-hydrogen) atoms. The van der Waals surface area contributed by atoms with Gasteiger partial charge in [-0.25, -0.2) is 14.0 Å². The van der Waals surface area contributed by atoms with E-state index in [0.29, 0.717) is 22.1 Å². The highest BCUT2D eigenvalue weighted by Crippen LogP contribution is 2.29. The first-order valence-corrected chi connectivity index (χ1v) is 10.5. The van der Waals surface area contributed by atoms with Gasteiger partial charge in [-0.05, 0) is 55.0 Å². The molecule has 3 N–H and O–H groups in total. The summed E-state index contributed by atoms with van der Waals surface area (Å²) in [6, 6.07) is 16.9. The average Bonchev–Trinajstić information content (AvgIpc) is 2.77. The minimum Gasteiger partial charge on any atom is -0.336 e. The predicted octanol–water partition coefficient (Wildman–Crippen LogP) is 6.30. The fraction of sp³-hybridized carbons (Fsp3) is 0.130. The molecular formula is C23H21Cl2FN4O2. The van der Waals surface area contributed by atoms with E-state index >= 15 is 0 Å². The molecule has 0 fully saturated rings. The van der Waals surface area contributed by atoms with Crippen molar-refractivity contribution in [3.63, 3.8) is 0 Å². The number of urea groups is 2. The molecule has 9 heteroatoms. The highest BCUT2D eigenvalue weighted by molar-refractivity contribution is 6.43. The zero-order chi connectivity index (χ0) is 23.1. The van der Waals surface area contributed by atoms with Crippen LogP contribution in [0.5, 0.6) is 0 Å². The smallest absolute Gasteiger partial charge is 0.326 e. The van der Waals surface area contributed by atoms with Gasteiger partial charge in [0.1, 0.15) is 5.82 Å². The third-order valence-corrected chi connectivity index (χ3v) is 5.41. The van der Waals surface area contributed by atoms with Gasteiger partial charge in [0.05, 0.1) is 15.7 Å². The number of hydrogen-bond donors (Lipinski definition) is 3. The Labute approximate surface area is 195 Å². The number of aryl methyl sites for hydroxylation is 1. The van der Waals surface area contributed by atoms with Gasteiger partial charge in [0.25, 0.3) is 0 Å². The monoisotopic (exact) mass is 474 g/mol. The summed E-state index contributed by atoms with van der Waals surface area (Å²) in [5.41, 5.74) is 2.41. The standard InChI is InChI=1S/C23H21Cl2FN4O2/c1-15-5-2-3-7-19(15)29-23(32)30(17-11-9-16(26)10-12-17)14-13-27-22(31)28-20-8-4-6-18(24)21(20)25/h2-12H,13-14H2,1H3,(H,29,32)(H2,27,28,31). The number of anilines is 3. The molecule has 0 aliphatic heterocycles. The molecule has 0 unspecified atom stereocenters. The minimum atomic E-state index is -0.507. The van der Waals surface area contributed by atoms with Crippen LogP contribution in [-0.4, -0.2) is 25.2 Å². The van der Waals surface area contributed by atoms with Crippen LogP contribution in [0.2, 0.25) is 10.0 Å². The largest absolute Gasteiger partial charge is 0.336 e. The molecule has 3 rings (SSSR count). The zero-order valence-electron chi connectivity index (χ0n) is 17.2. The SMILES string of the molecule is Cc1ccccc1NC(=O)N(CCNC(=O)Nc1cccc(Cl)c1Cl)c1ccc(F)cc1. The molecule has 0 saturated heterocycles. The Morgan fingerprint density at radius 1 is 0.906 bits per heavy atom. The molecule has 0 aliphatic carbocycles. The number of nitrogens with one attached hydrogen (secondary N) is 3. The summed E-state index contributed by atoms with van der Waals surface area (Å²) in [5, 5.41) is 8.68. The number of para-hydroxylation sites is 1. The number of carbonyl (C=O) groups is 2. The van der Waals surface area contributed by atoms with Crippen molar-refractivity contribution >= 4 is 52.3 Å². The van der Waals surface area contributed by atoms with Gasteiger partial charge < -0.3 is 16.0 Å². The summed E-state index contributed by atoms with van der Waals surface area (Å²) in [6.45, 7) is 2.15. The molecular weight excluding hydrogens is 454 g/mol. The summed E-state index contributed by atoms with van der Waals surface area (Å²) in [6.07, 6.45) is 0. The maximum Gasteiger partial charge on any atom is 0.326 e. The Morgan fingerprint density at radius 3 is 2.31 bits per heavy atom. The molecule has 3 aromatic rings. The highest BCUT2D eigenvalue weighted by atomic mass is 35.5. The van der Waals surface area contributed by atoms with Crippen LogP contribution in [0.25, 0.3) is 0 Å². The first kappa shape index (κ1) is 23.4. The normalized spacial score (nSPS) is 10.4. The number of nitrogens with zero attached hydrogens (tertiary/aromatic N) is 1. The van der Waals surface area contributed by atoms with E-state index in [1.165, 1.54) is 29.2 Å². The lowest BCUT2D eigenvalue weighted by Gasteiger charge is -2.24. The van der Waals surface area contributed by atoms with Crippen molar-refractivity contribution in [2.45, 2.75) is 6.92 Å². The number of benzene rings is 3. The molecule has 0 heterocycles. The molecule has 6 nitrogen and oxygen atoms in total. The Balaban J connectivity index is 1.66. The van der Waals surface area contributed by atoms with Crippen LogP contribution in [0.1, 0.15) is 5.56 Å². The van der Waals surface area contributed by atoms with Gasteiger partial charge in [0, 0.05) is 24.5 Å². The second kappa shape index (κ2) is 10.8. The second-order valence-corrected chi connectivity index (χ2v) is 7.64. The van der Waals surface area contributed by atoms with E-state index in [0.717, 1.165) is 5.56 Å².